The number of benzene rings is 1. The van der Waals surface area contributed by atoms with Crippen LogP contribution in [0, 0.1) is 0 Å². The maximum absolute atomic E-state index is 5.61. The Kier molecular flexibility index (Phi) is 3.83. The Morgan fingerprint density at radius 3 is 2.81 bits per heavy atom. The highest BCUT2D eigenvalue weighted by molar-refractivity contribution is 5.56. The first-order valence-corrected chi connectivity index (χ1v) is 5.66. The molecule has 0 amide bonds. The molecule has 3 nitrogen and oxygen atoms in total. The average Bonchev–Trinajstić information content (AvgIpc) is 2.54. The molecule has 0 saturated heterocycles. The number of hydrogen-bond donors (Lipinski definition) is 1. The van der Waals surface area contributed by atoms with Crippen LogP contribution in [0.4, 0.5) is 0 Å². The molecule has 1 aromatic rings. The molecule has 0 bridgehead atoms. The summed E-state index contributed by atoms with van der Waals surface area (Å²) in [5, 5.41) is 0. The van der Waals surface area contributed by atoms with Crippen molar-refractivity contribution in [2.24, 2.45) is 5.73 Å². The van der Waals surface area contributed by atoms with Crippen molar-refractivity contribution in [3.63, 3.8) is 0 Å². The van der Waals surface area contributed by atoms with Gasteiger partial charge in [-0.05, 0) is 30.7 Å². The molecule has 0 atom stereocenters. The molecule has 1 aliphatic heterocycles. The predicted octanol–water partition coefficient (Wildman–Crippen LogP) is 2.21. The summed E-state index contributed by atoms with van der Waals surface area (Å²) in [6.07, 6.45) is 5.96. The number of hydrogen-bond acceptors (Lipinski definition) is 3. The van der Waals surface area contributed by atoms with Crippen molar-refractivity contribution >= 4 is 6.08 Å². The average molecular weight is 219 g/mol. The molecule has 2 N–H and O–H groups in total. The molecule has 3 heteroatoms. The molecule has 1 aliphatic rings. The van der Waals surface area contributed by atoms with Gasteiger partial charge in [-0.3, -0.25) is 0 Å². The van der Waals surface area contributed by atoms with Gasteiger partial charge in [0.15, 0.2) is 11.5 Å². The summed E-state index contributed by atoms with van der Waals surface area (Å²) >= 11 is 0. The van der Waals surface area contributed by atoms with E-state index in [1.165, 1.54) is 0 Å². The zero-order valence-corrected chi connectivity index (χ0v) is 9.32. The second kappa shape index (κ2) is 5.56. The quantitative estimate of drug-likeness (QED) is 0.847. The molecule has 16 heavy (non-hydrogen) atoms. The first-order valence-electron chi connectivity index (χ1n) is 5.66. The van der Waals surface area contributed by atoms with Gasteiger partial charge < -0.3 is 15.2 Å². The largest absolute Gasteiger partial charge is 0.490 e. The van der Waals surface area contributed by atoms with Crippen molar-refractivity contribution in [2.45, 2.75) is 12.8 Å². The Morgan fingerprint density at radius 2 is 2.00 bits per heavy atom. The molecular weight excluding hydrogens is 202 g/mol. The van der Waals surface area contributed by atoms with Crippen molar-refractivity contribution in [1.29, 1.82) is 0 Å². The molecule has 0 saturated carbocycles. The molecule has 0 radical (unpaired) electrons. The number of fused-ring (bicyclic) bond motifs is 1. The summed E-state index contributed by atoms with van der Waals surface area (Å²) in [5.74, 6) is 1.68. The van der Waals surface area contributed by atoms with E-state index in [1.807, 2.05) is 18.2 Å². The minimum Gasteiger partial charge on any atom is -0.490 e. The van der Waals surface area contributed by atoms with E-state index in [1.54, 1.807) is 0 Å². The molecule has 0 aromatic heterocycles. The normalized spacial score (nSPS) is 15.1. The third-order valence-corrected chi connectivity index (χ3v) is 2.42. The van der Waals surface area contributed by atoms with E-state index < -0.39 is 0 Å². The van der Waals surface area contributed by atoms with Gasteiger partial charge in [0, 0.05) is 6.42 Å². The number of ether oxygens (including phenoxy) is 2. The van der Waals surface area contributed by atoms with Crippen LogP contribution in [0.1, 0.15) is 18.4 Å². The maximum Gasteiger partial charge on any atom is 0.161 e. The van der Waals surface area contributed by atoms with Crippen molar-refractivity contribution in [1.82, 2.24) is 0 Å². The van der Waals surface area contributed by atoms with Gasteiger partial charge in [0.2, 0.25) is 0 Å². The van der Waals surface area contributed by atoms with E-state index in [4.69, 9.17) is 15.2 Å². The topological polar surface area (TPSA) is 44.5 Å². The standard InChI is InChI=1S/C13H17NO2/c14-7-2-1-4-11-5-6-12-13(10-11)16-9-3-8-15-12/h1,4-6,10H,2-3,7-9,14H2. The summed E-state index contributed by atoms with van der Waals surface area (Å²) in [7, 11) is 0. The Hall–Kier alpha value is -1.48. The highest BCUT2D eigenvalue weighted by Crippen LogP contribution is 2.30. The summed E-state index contributed by atoms with van der Waals surface area (Å²) < 4.78 is 11.2. The van der Waals surface area contributed by atoms with E-state index in [2.05, 4.69) is 12.2 Å². The summed E-state index contributed by atoms with van der Waals surface area (Å²) in [6, 6.07) is 6.00. The monoisotopic (exact) mass is 219 g/mol. The van der Waals surface area contributed by atoms with Crippen LogP contribution in [-0.2, 0) is 0 Å². The fourth-order valence-electron chi connectivity index (χ4n) is 1.60. The zero-order valence-electron chi connectivity index (χ0n) is 9.32. The van der Waals surface area contributed by atoms with Crippen molar-refractivity contribution in [3.05, 3.63) is 29.8 Å². The first-order chi connectivity index (χ1) is 7.90. The van der Waals surface area contributed by atoms with Gasteiger partial charge in [0.05, 0.1) is 13.2 Å². The van der Waals surface area contributed by atoms with Crippen LogP contribution >= 0.6 is 0 Å². The molecule has 86 valence electrons. The van der Waals surface area contributed by atoms with Crippen LogP contribution in [0.15, 0.2) is 24.3 Å². The molecule has 0 fully saturated rings. The highest BCUT2D eigenvalue weighted by Gasteiger charge is 2.09. The van der Waals surface area contributed by atoms with Gasteiger partial charge in [-0.2, -0.15) is 0 Å². The zero-order chi connectivity index (χ0) is 11.2. The molecule has 0 aliphatic carbocycles. The Labute approximate surface area is 95.9 Å². The van der Waals surface area contributed by atoms with Crippen LogP contribution in [0.3, 0.4) is 0 Å². The van der Waals surface area contributed by atoms with E-state index >= 15 is 0 Å². The first kappa shape index (κ1) is 11.0. The van der Waals surface area contributed by atoms with E-state index in [9.17, 15) is 0 Å². The minimum absolute atomic E-state index is 0.682. The fourth-order valence-corrected chi connectivity index (χ4v) is 1.60. The molecular formula is C13H17NO2. The lowest BCUT2D eigenvalue weighted by Crippen LogP contribution is -1.97. The van der Waals surface area contributed by atoms with E-state index in [0.29, 0.717) is 6.54 Å². The van der Waals surface area contributed by atoms with Crippen LogP contribution in [0.5, 0.6) is 11.5 Å². The number of rotatable bonds is 3. The lowest BCUT2D eigenvalue weighted by molar-refractivity contribution is 0.297. The maximum atomic E-state index is 5.61. The van der Waals surface area contributed by atoms with Gasteiger partial charge in [-0.1, -0.05) is 18.2 Å². The predicted molar refractivity (Wildman–Crippen MR) is 64.8 cm³/mol. The third kappa shape index (κ3) is 2.76. The minimum atomic E-state index is 0.682. The molecule has 2 rings (SSSR count). The van der Waals surface area contributed by atoms with Crippen molar-refractivity contribution in [3.8, 4) is 11.5 Å². The fraction of sp³-hybridized carbons (Fsp3) is 0.385. The second-order valence-electron chi connectivity index (χ2n) is 3.74. The van der Waals surface area contributed by atoms with E-state index in [0.717, 1.165) is 43.1 Å². The summed E-state index contributed by atoms with van der Waals surface area (Å²) in [4.78, 5) is 0. The van der Waals surface area contributed by atoms with E-state index in [-0.39, 0.29) is 0 Å². The van der Waals surface area contributed by atoms with Crippen LogP contribution in [0.25, 0.3) is 6.08 Å². The highest BCUT2D eigenvalue weighted by atomic mass is 16.5. The SMILES string of the molecule is NCCC=Cc1ccc2c(c1)OCCCO2. The van der Waals surface area contributed by atoms with Gasteiger partial charge in [0.1, 0.15) is 0 Å². The second-order valence-corrected chi connectivity index (χ2v) is 3.74. The van der Waals surface area contributed by atoms with Gasteiger partial charge in [-0.25, -0.2) is 0 Å². The van der Waals surface area contributed by atoms with Crippen LogP contribution in [-0.4, -0.2) is 19.8 Å². The van der Waals surface area contributed by atoms with Crippen LogP contribution in [0.2, 0.25) is 0 Å². The lowest BCUT2D eigenvalue weighted by atomic mass is 10.2. The summed E-state index contributed by atoms with van der Waals surface area (Å²) in [6.45, 7) is 2.14. The van der Waals surface area contributed by atoms with Crippen molar-refractivity contribution < 1.29 is 9.47 Å². The Bertz CT molecular complexity index is 374. The van der Waals surface area contributed by atoms with Gasteiger partial charge in [-0.15, -0.1) is 0 Å². The van der Waals surface area contributed by atoms with Gasteiger partial charge in [0.25, 0.3) is 0 Å². The lowest BCUT2D eigenvalue weighted by Gasteiger charge is -2.07. The van der Waals surface area contributed by atoms with Crippen molar-refractivity contribution in [2.75, 3.05) is 19.8 Å². The number of nitrogens with two attached hydrogens (primary N) is 1. The molecule has 0 unspecified atom stereocenters. The Balaban J connectivity index is 2.14. The smallest absolute Gasteiger partial charge is 0.161 e. The molecule has 1 aromatic carbocycles. The van der Waals surface area contributed by atoms with Gasteiger partial charge >= 0.3 is 0 Å². The summed E-state index contributed by atoms with van der Waals surface area (Å²) in [5.41, 5.74) is 6.55. The third-order valence-electron chi connectivity index (χ3n) is 2.42. The van der Waals surface area contributed by atoms with Crippen LogP contribution < -0.4 is 15.2 Å². The molecule has 0 spiro atoms. The molecule has 1 heterocycles. The Morgan fingerprint density at radius 1 is 1.19 bits per heavy atom.